The fourth-order valence-electron chi connectivity index (χ4n) is 3.89. The lowest BCUT2D eigenvalue weighted by Crippen LogP contribution is -2.32. The molecule has 1 aliphatic heterocycles. The molecule has 1 fully saturated rings. The van der Waals surface area contributed by atoms with Crippen LogP contribution in [0.4, 0.5) is 5.95 Å². The van der Waals surface area contributed by atoms with Crippen molar-refractivity contribution >= 4 is 28.7 Å². The molecule has 9 heteroatoms. The van der Waals surface area contributed by atoms with Gasteiger partial charge in [0.1, 0.15) is 42.1 Å². The van der Waals surface area contributed by atoms with Crippen molar-refractivity contribution < 1.29 is 14.2 Å². The lowest BCUT2D eigenvalue weighted by atomic mass is 10.1. The third-order valence-electron chi connectivity index (χ3n) is 5.64. The van der Waals surface area contributed by atoms with Crippen molar-refractivity contribution in [3.63, 3.8) is 0 Å². The lowest BCUT2D eigenvalue weighted by Gasteiger charge is -2.20. The molecule has 170 valence electrons. The predicted octanol–water partition coefficient (Wildman–Crippen LogP) is 4.49. The number of aromatic nitrogens is 4. The van der Waals surface area contributed by atoms with Gasteiger partial charge in [0, 0.05) is 6.42 Å². The Hall–Kier alpha value is -3.36. The molecule has 0 spiro atoms. The summed E-state index contributed by atoms with van der Waals surface area (Å²) in [6, 6.07) is 15.9. The highest BCUT2D eigenvalue weighted by Crippen LogP contribution is 2.35. The number of hydrogen-bond acceptors (Lipinski definition) is 7. The van der Waals surface area contributed by atoms with Crippen LogP contribution in [0.25, 0.3) is 11.2 Å². The molecule has 5 rings (SSSR count). The van der Waals surface area contributed by atoms with Crippen LogP contribution < -0.4 is 15.2 Å². The van der Waals surface area contributed by atoms with E-state index in [1.54, 1.807) is 6.33 Å². The molecule has 4 aromatic rings. The van der Waals surface area contributed by atoms with E-state index in [9.17, 15) is 0 Å². The van der Waals surface area contributed by atoms with Crippen LogP contribution in [0.1, 0.15) is 23.8 Å². The fraction of sp³-hybridized carbons (Fsp3) is 0.292. The smallest absolute Gasteiger partial charge is 0.223 e. The Balaban J connectivity index is 1.40. The number of hydrogen-bond donors (Lipinski definition) is 1. The molecule has 2 aromatic carbocycles. The van der Waals surface area contributed by atoms with Crippen molar-refractivity contribution in [1.82, 2.24) is 19.5 Å². The summed E-state index contributed by atoms with van der Waals surface area (Å²) in [5, 5.41) is 0.231. The van der Waals surface area contributed by atoms with Crippen molar-refractivity contribution in [1.29, 1.82) is 0 Å². The van der Waals surface area contributed by atoms with E-state index in [0.717, 1.165) is 11.5 Å². The van der Waals surface area contributed by atoms with E-state index in [0.29, 0.717) is 24.2 Å². The summed E-state index contributed by atoms with van der Waals surface area (Å²) in [4.78, 5) is 12.6. The summed E-state index contributed by atoms with van der Waals surface area (Å²) in [7, 11) is 0. The van der Waals surface area contributed by atoms with Gasteiger partial charge in [-0.25, -0.2) is 4.98 Å². The van der Waals surface area contributed by atoms with E-state index in [1.807, 2.05) is 66.9 Å². The number of halogens is 1. The Kier molecular flexibility index (Phi) is 5.78. The monoisotopic (exact) mass is 465 g/mol. The SMILES string of the molecule is Cc1ccc(OCC2OC(n3cnc4nc(N)nc(Cl)c43)CC2Oc2ccc(C)cc2)cc1. The summed E-state index contributed by atoms with van der Waals surface area (Å²) in [6.07, 6.45) is 1.28. The van der Waals surface area contributed by atoms with Crippen LogP contribution in [-0.4, -0.2) is 38.3 Å². The maximum atomic E-state index is 6.38. The summed E-state index contributed by atoms with van der Waals surface area (Å²) in [5.74, 6) is 1.64. The topological polar surface area (TPSA) is 97.3 Å². The third kappa shape index (κ3) is 4.58. The maximum Gasteiger partial charge on any atom is 0.223 e. The second-order valence-electron chi connectivity index (χ2n) is 8.15. The fourth-order valence-corrected chi connectivity index (χ4v) is 4.16. The number of aryl methyl sites for hydroxylation is 2. The minimum atomic E-state index is -0.373. The van der Waals surface area contributed by atoms with Crippen LogP contribution >= 0.6 is 11.6 Å². The van der Waals surface area contributed by atoms with Crippen molar-refractivity contribution in [3.8, 4) is 11.5 Å². The van der Waals surface area contributed by atoms with Crippen molar-refractivity contribution in [2.45, 2.75) is 38.7 Å². The molecule has 0 saturated carbocycles. The highest BCUT2D eigenvalue weighted by Gasteiger charge is 2.39. The van der Waals surface area contributed by atoms with Crippen LogP contribution in [-0.2, 0) is 4.74 Å². The molecule has 0 aliphatic carbocycles. The molecule has 33 heavy (non-hydrogen) atoms. The Bertz CT molecular complexity index is 1260. The largest absolute Gasteiger partial charge is 0.491 e. The Labute approximate surface area is 196 Å². The number of benzene rings is 2. The van der Waals surface area contributed by atoms with E-state index in [4.69, 9.17) is 31.5 Å². The van der Waals surface area contributed by atoms with Crippen LogP contribution in [0.3, 0.4) is 0 Å². The second-order valence-corrected chi connectivity index (χ2v) is 8.51. The normalized spacial score (nSPS) is 20.3. The van der Waals surface area contributed by atoms with Gasteiger partial charge in [0.25, 0.3) is 0 Å². The van der Waals surface area contributed by atoms with E-state index < -0.39 is 0 Å². The number of ether oxygens (including phenoxy) is 3. The van der Waals surface area contributed by atoms with Gasteiger partial charge in [-0.1, -0.05) is 47.0 Å². The van der Waals surface area contributed by atoms with Crippen molar-refractivity contribution in [2.24, 2.45) is 0 Å². The highest BCUT2D eigenvalue weighted by molar-refractivity contribution is 6.33. The van der Waals surface area contributed by atoms with Gasteiger partial charge in [0.05, 0.1) is 6.33 Å². The average molecular weight is 466 g/mol. The van der Waals surface area contributed by atoms with Gasteiger partial charge in [0.15, 0.2) is 10.8 Å². The average Bonchev–Trinajstić information content (AvgIpc) is 3.39. The van der Waals surface area contributed by atoms with Gasteiger partial charge >= 0.3 is 0 Å². The third-order valence-corrected chi connectivity index (χ3v) is 5.90. The second kappa shape index (κ2) is 8.88. The first-order chi connectivity index (χ1) is 16.0. The number of nitrogens with two attached hydrogens (primary N) is 1. The highest BCUT2D eigenvalue weighted by atomic mass is 35.5. The maximum absolute atomic E-state index is 6.38. The number of anilines is 1. The van der Waals surface area contributed by atoms with Gasteiger partial charge in [-0.2, -0.15) is 9.97 Å². The van der Waals surface area contributed by atoms with Gasteiger partial charge in [-0.15, -0.1) is 0 Å². The van der Waals surface area contributed by atoms with E-state index >= 15 is 0 Å². The molecule has 0 amide bonds. The zero-order chi connectivity index (χ0) is 22.9. The first kappa shape index (κ1) is 21.5. The number of imidazole rings is 1. The minimum absolute atomic E-state index is 0.0787. The van der Waals surface area contributed by atoms with Crippen LogP contribution in [0.15, 0.2) is 54.9 Å². The number of rotatable bonds is 6. The molecule has 8 nitrogen and oxygen atoms in total. The first-order valence-corrected chi connectivity index (χ1v) is 11.1. The standard InChI is InChI=1S/C24H24ClN5O3/c1-14-3-7-16(8-4-14)31-12-19-18(32-17-9-5-15(2)6-10-17)11-20(33-19)30-13-27-23-21(30)22(25)28-24(26)29-23/h3-10,13,18-20H,11-12H2,1-2H3,(H2,26,28,29). The zero-order valence-corrected chi connectivity index (χ0v) is 19.1. The molecule has 0 bridgehead atoms. The molecule has 3 unspecified atom stereocenters. The van der Waals surface area contributed by atoms with Crippen LogP contribution in [0.2, 0.25) is 5.15 Å². The van der Waals surface area contributed by atoms with Crippen molar-refractivity contribution in [2.75, 3.05) is 12.3 Å². The molecular weight excluding hydrogens is 442 g/mol. The molecule has 3 heterocycles. The predicted molar refractivity (Wildman–Crippen MR) is 126 cm³/mol. The van der Waals surface area contributed by atoms with Crippen LogP contribution in [0.5, 0.6) is 11.5 Å². The summed E-state index contributed by atoms with van der Waals surface area (Å²) in [6.45, 7) is 4.41. The first-order valence-electron chi connectivity index (χ1n) is 10.7. The Morgan fingerprint density at radius 1 is 1.03 bits per heavy atom. The Morgan fingerprint density at radius 2 is 1.70 bits per heavy atom. The molecule has 1 saturated heterocycles. The van der Waals surface area contributed by atoms with Gasteiger partial charge in [0.2, 0.25) is 5.95 Å². The lowest BCUT2D eigenvalue weighted by molar-refractivity contribution is -0.0340. The Morgan fingerprint density at radius 3 is 2.39 bits per heavy atom. The number of nitrogen functional groups attached to an aromatic ring is 1. The summed E-state index contributed by atoms with van der Waals surface area (Å²) in [5.41, 5.74) is 9.05. The molecule has 2 aromatic heterocycles. The number of fused-ring (bicyclic) bond motifs is 1. The molecule has 3 atom stereocenters. The van der Waals surface area contributed by atoms with E-state index in [2.05, 4.69) is 15.0 Å². The quantitative estimate of drug-likeness (QED) is 0.419. The van der Waals surface area contributed by atoms with E-state index in [1.165, 1.54) is 11.1 Å². The van der Waals surface area contributed by atoms with Gasteiger partial charge in [-0.05, 0) is 38.1 Å². The van der Waals surface area contributed by atoms with E-state index in [-0.39, 0.29) is 29.5 Å². The summed E-state index contributed by atoms with van der Waals surface area (Å²) >= 11 is 6.36. The van der Waals surface area contributed by atoms with Crippen molar-refractivity contribution in [3.05, 3.63) is 71.1 Å². The van der Waals surface area contributed by atoms with Gasteiger partial charge < -0.3 is 19.9 Å². The molecule has 1 aliphatic rings. The summed E-state index contributed by atoms with van der Waals surface area (Å²) < 4.78 is 20.6. The molecule has 0 radical (unpaired) electrons. The number of nitrogens with zero attached hydrogens (tertiary/aromatic N) is 4. The zero-order valence-electron chi connectivity index (χ0n) is 18.3. The molecule has 2 N–H and O–H groups in total. The minimum Gasteiger partial charge on any atom is -0.491 e. The van der Waals surface area contributed by atoms with Gasteiger partial charge in [-0.3, -0.25) is 4.57 Å². The molecular formula is C24H24ClN5O3. The van der Waals surface area contributed by atoms with Crippen LogP contribution in [0, 0.1) is 13.8 Å².